The van der Waals surface area contributed by atoms with Gasteiger partial charge in [0, 0.05) is 23.3 Å². The van der Waals surface area contributed by atoms with Crippen molar-refractivity contribution in [2.75, 3.05) is 11.9 Å². The molecule has 4 aliphatic rings. The molecule has 1 saturated carbocycles. The maximum absolute atomic E-state index is 13.8. The lowest BCUT2D eigenvalue weighted by Crippen LogP contribution is -2.57. The first-order valence-electron chi connectivity index (χ1n) is 12.8. The number of carbonyl (C=O) groups excluding carboxylic acids is 3. The number of hydrogen-bond acceptors (Lipinski definition) is 4. The quantitative estimate of drug-likeness (QED) is 0.568. The molecular formula is C28H34ClN3O4. The number of nitrogens with one attached hydrogen (secondary N) is 2. The molecule has 0 unspecified atom stereocenters. The van der Waals surface area contributed by atoms with E-state index in [1.54, 1.807) is 18.2 Å². The highest BCUT2D eigenvalue weighted by atomic mass is 35.5. The number of halogens is 1. The van der Waals surface area contributed by atoms with Crippen LogP contribution in [-0.4, -0.2) is 53.0 Å². The number of likely N-dealkylation sites (tertiary alicyclic amines) is 1. The van der Waals surface area contributed by atoms with Crippen LogP contribution in [0.25, 0.3) is 0 Å². The van der Waals surface area contributed by atoms with Gasteiger partial charge in [0.25, 0.3) is 0 Å². The van der Waals surface area contributed by atoms with Crippen molar-refractivity contribution >= 4 is 35.0 Å². The van der Waals surface area contributed by atoms with Gasteiger partial charge in [-0.25, -0.2) is 0 Å². The lowest BCUT2D eigenvalue weighted by atomic mass is 9.73. The smallest absolute Gasteiger partial charge is 0.246 e. The molecule has 3 fully saturated rings. The predicted octanol–water partition coefficient (Wildman–Crippen LogP) is 3.86. The van der Waals surface area contributed by atoms with Crippen LogP contribution in [0.2, 0.25) is 5.02 Å². The standard InChI is InChI=1S/C28H34ClN3O4/c1-5-13-32-24(26(34)31-20-8-6-7-15(2)17(20)4)28-12-11-21(36-28)22(23(28)27(32)35)25(33)30-18-10-9-16(3)19(29)14-18/h5,9-12,14-15,17,20-24H,1,6-8,13H2,2-4H3,(H,30,33)(H,31,34)/t15-,17-,20-,21+,22-,23+,24+,28+/m1/s1. The van der Waals surface area contributed by atoms with Gasteiger partial charge in [0.1, 0.15) is 11.6 Å². The van der Waals surface area contributed by atoms with Gasteiger partial charge in [0.15, 0.2) is 0 Å². The molecular weight excluding hydrogens is 478 g/mol. The van der Waals surface area contributed by atoms with E-state index in [4.69, 9.17) is 16.3 Å². The molecule has 2 bridgehead atoms. The highest BCUT2D eigenvalue weighted by Gasteiger charge is 2.72. The molecule has 1 aliphatic carbocycles. The Hall–Kier alpha value is -2.64. The van der Waals surface area contributed by atoms with Crippen LogP contribution in [0, 0.1) is 30.6 Å². The zero-order valence-corrected chi connectivity index (χ0v) is 21.8. The Morgan fingerprint density at radius 1 is 1.28 bits per heavy atom. The molecule has 0 radical (unpaired) electrons. The van der Waals surface area contributed by atoms with E-state index in [2.05, 4.69) is 31.1 Å². The monoisotopic (exact) mass is 511 g/mol. The van der Waals surface area contributed by atoms with Crippen LogP contribution in [0.4, 0.5) is 5.69 Å². The van der Waals surface area contributed by atoms with E-state index < -0.39 is 29.6 Å². The van der Waals surface area contributed by atoms with Crippen LogP contribution in [-0.2, 0) is 19.1 Å². The van der Waals surface area contributed by atoms with Crippen molar-refractivity contribution in [1.29, 1.82) is 0 Å². The maximum Gasteiger partial charge on any atom is 0.246 e. The second-order valence-corrected chi connectivity index (χ2v) is 11.2. The summed E-state index contributed by atoms with van der Waals surface area (Å²) >= 11 is 6.24. The van der Waals surface area contributed by atoms with Gasteiger partial charge in [-0.05, 0) is 42.9 Å². The van der Waals surface area contributed by atoms with Crippen LogP contribution in [0.15, 0.2) is 43.0 Å². The summed E-state index contributed by atoms with van der Waals surface area (Å²) in [6, 6.07) is 4.49. The Bertz CT molecular complexity index is 1140. The highest BCUT2D eigenvalue weighted by Crippen LogP contribution is 2.55. The fraction of sp³-hybridized carbons (Fsp3) is 0.536. The van der Waals surface area contributed by atoms with Gasteiger partial charge in [0.2, 0.25) is 17.7 Å². The molecule has 3 amide bonds. The summed E-state index contributed by atoms with van der Waals surface area (Å²) in [4.78, 5) is 42.5. The molecule has 7 nitrogen and oxygen atoms in total. The molecule has 1 aromatic rings. The average molecular weight is 512 g/mol. The summed E-state index contributed by atoms with van der Waals surface area (Å²) in [6.45, 7) is 10.3. The predicted molar refractivity (Wildman–Crippen MR) is 138 cm³/mol. The van der Waals surface area contributed by atoms with Crippen molar-refractivity contribution in [1.82, 2.24) is 10.2 Å². The Balaban J connectivity index is 1.42. The Morgan fingerprint density at radius 2 is 2.06 bits per heavy atom. The van der Waals surface area contributed by atoms with Crippen molar-refractivity contribution in [2.24, 2.45) is 23.7 Å². The third-order valence-electron chi connectivity index (χ3n) is 8.72. The molecule has 5 rings (SSSR count). The fourth-order valence-electron chi connectivity index (χ4n) is 6.55. The number of amides is 3. The number of hydrogen-bond donors (Lipinski definition) is 2. The van der Waals surface area contributed by atoms with Gasteiger partial charge in [-0.1, -0.05) is 62.6 Å². The SMILES string of the molecule is C=CCN1C(=O)[C@@H]2[C@H](C(=O)Nc3ccc(C)c(Cl)c3)[C@@H]3C=C[C@@]2(O3)[C@@H]1C(=O)N[C@@H]1CCC[C@@H](C)[C@H]1C. The van der Waals surface area contributed by atoms with E-state index in [1.165, 1.54) is 4.90 Å². The molecule has 2 N–H and O–H groups in total. The van der Waals surface area contributed by atoms with Gasteiger partial charge in [-0.2, -0.15) is 0 Å². The summed E-state index contributed by atoms with van der Waals surface area (Å²) < 4.78 is 6.36. The first kappa shape index (κ1) is 25.0. The molecule has 36 heavy (non-hydrogen) atoms. The summed E-state index contributed by atoms with van der Waals surface area (Å²) in [6.07, 6.45) is 7.82. The van der Waals surface area contributed by atoms with Crippen molar-refractivity contribution in [3.8, 4) is 0 Å². The van der Waals surface area contributed by atoms with E-state index in [0.717, 1.165) is 24.8 Å². The first-order chi connectivity index (χ1) is 17.2. The minimum atomic E-state index is -1.18. The van der Waals surface area contributed by atoms with Crippen LogP contribution in [0.1, 0.15) is 38.7 Å². The zero-order chi connectivity index (χ0) is 25.8. The summed E-state index contributed by atoms with van der Waals surface area (Å²) in [5, 5.41) is 6.69. The van der Waals surface area contributed by atoms with E-state index in [0.29, 0.717) is 22.5 Å². The van der Waals surface area contributed by atoms with Crippen LogP contribution in [0.3, 0.4) is 0 Å². The van der Waals surface area contributed by atoms with Gasteiger partial charge < -0.3 is 20.3 Å². The van der Waals surface area contributed by atoms with Crippen molar-refractivity contribution in [3.05, 3.63) is 53.6 Å². The van der Waals surface area contributed by atoms with Crippen molar-refractivity contribution in [2.45, 2.75) is 63.8 Å². The third kappa shape index (κ3) is 3.88. The largest absolute Gasteiger partial charge is 0.359 e. The van der Waals surface area contributed by atoms with Crippen LogP contribution < -0.4 is 10.6 Å². The Kier molecular flexibility index (Phi) is 6.50. The molecule has 1 aromatic carbocycles. The molecule has 3 aliphatic heterocycles. The maximum atomic E-state index is 13.8. The molecule has 0 aromatic heterocycles. The minimum absolute atomic E-state index is 0.0466. The van der Waals surface area contributed by atoms with Gasteiger partial charge in [0.05, 0.1) is 17.9 Å². The first-order valence-corrected chi connectivity index (χ1v) is 13.2. The molecule has 8 heteroatoms. The topological polar surface area (TPSA) is 87.7 Å². The Morgan fingerprint density at radius 3 is 2.78 bits per heavy atom. The second-order valence-electron chi connectivity index (χ2n) is 10.8. The van der Waals surface area contributed by atoms with Crippen LogP contribution in [0.5, 0.6) is 0 Å². The molecule has 1 spiro atoms. The number of anilines is 1. The van der Waals surface area contributed by atoms with E-state index in [-0.39, 0.29) is 30.3 Å². The second kappa shape index (κ2) is 9.34. The molecule has 3 heterocycles. The molecule has 2 saturated heterocycles. The van der Waals surface area contributed by atoms with Crippen molar-refractivity contribution in [3.63, 3.8) is 0 Å². The highest BCUT2D eigenvalue weighted by molar-refractivity contribution is 6.31. The number of ether oxygens (including phenoxy) is 1. The van der Waals surface area contributed by atoms with Gasteiger partial charge in [-0.3, -0.25) is 14.4 Å². The van der Waals surface area contributed by atoms with Crippen LogP contribution >= 0.6 is 11.6 Å². The number of benzene rings is 1. The van der Waals surface area contributed by atoms with E-state index in [9.17, 15) is 14.4 Å². The number of nitrogens with zero attached hydrogens (tertiary/aromatic N) is 1. The molecule has 192 valence electrons. The summed E-state index contributed by atoms with van der Waals surface area (Å²) in [7, 11) is 0. The third-order valence-corrected chi connectivity index (χ3v) is 9.13. The lowest BCUT2D eigenvalue weighted by molar-refractivity contribution is -0.141. The number of rotatable bonds is 6. The average Bonchev–Trinajstić information content (AvgIpc) is 3.47. The molecule has 8 atom stereocenters. The normalized spacial score (nSPS) is 36.6. The van der Waals surface area contributed by atoms with Gasteiger partial charge in [-0.15, -0.1) is 6.58 Å². The summed E-state index contributed by atoms with van der Waals surface area (Å²) in [5.74, 6) is -1.47. The fourth-order valence-corrected chi connectivity index (χ4v) is 6.73. The van der Waals surface area contributed by atoms with Gasteiger partial charge >= 0.3 is 0 Å². The zero-order valence-electron chi connectivity index (χ0n) is 21.0. The Labute approximate surface area is 217 Å². The number of fused-ring (bicyclic) bond motifs is 1. The van der Waals surface area contributed by atoms with E-state index in [1.807, 2.05) is 25.1 Å². The number of aryl methyl sites for hydroxylation is 1. The van der Waals surface area contributed by atoms with Crippen molar-refractivity contribution < 1.29 is 19.1 Å². The lowest BCUT2D eigenvalue weighted by Gasteiger charge is -2.37. The number of carbonyl (C=O) groups is 3. The van der Waals surface area contributed by atoms with E-state index >= 15 is 0 Å². The summed E-state index contributed by atoms with van der Waals surface area (Å²) in [5.41, 5.74) is 0.284. The minimum Gasteiger partial charge on any atom is -0.359 e.